The van der Waals surface area contributed by atoms with Gasteiger partial charge in [0.1, 0.15) is 0 Å². The number of nitrogens with zero attached hydrogens (tertiary/aromatic N) is 2. The molecule has 0 aliphatic heterocycles. The highest BCUT2D eigenvalue weighted by Gasteiger charge is 2.30. The number of hydrogen-bond donors (Lipinski definition) is 3. The number of rotatable bonds is 5. The van der Waals surface area contributed by atoms with Crippen molar-refractivity contribution in [2.24, 2.45) is 5.92 Å². The Bertz CT molecular complexity index is 432. The number of carboxylic acids is 1. The molecule has 1 saturated carbocycles. The number of carbonyl (C=O) groups is 2. The lowest BCUT2D eigenvalue weighted by atomic mass is 10.1. The van der Waals surface area contributed by atoms with Crippen LogP contribution in [0.25, 0.3) is 0 Å². The number of aliphatic carboxylic acids is 1. The van der Waals surface area contributed by atoms with E-state index in [1.54, 1.807) is 10.9 Å². The van der Waals surface area contributed by atoms with Crippen molar-refractivity contribution >= 4 is 12.0 Å². The van der Waals surface area contributed by atoms with E-state index in [4.69, 9.17) is 5.11 Å². The minimum atomic E-state index is -0.775. The van der Waals surface area contributed by atoms with Crippen LogP contribution in [0, 0.1) is 5.92 Å². The number of carbonyl (C=O) groups excluding carboxylic acids is 1. The lowest BCUT2D eigenvalue weighted by molar-refractivity contribution is -0.141. The van der Waals surface area contributed by atoms with E-state index in [1.165, 1.54) is 0 Å². The monoisotopic (exact) mass is 266 g/mol. The summed E-state index contributed by atoms with van der Waals surface area (Å²) < 4.78 is 1.73. The van der Waals surface area contributed by atoms with E-state index in [1.807, 2.05) is 12.3 Å². The summed E-state index contributed by atoms with van der Waals surface area (Å²) in [6.07, 6.45) is 5.39. The molecule has 2 rings (SSSR count). The van der Waals surface area contributed by atoms with Gasteiger partial charge in [-0.2, -0.15) is 5.10 Å². The Kier molecular flexibility index (Phi) is 4.38. The second-order valence-corrected chi connectivity index (χ2v) is 4.71. The SMILES string of the molecule is O=C(NCCn1cccn1)N[C@H]1CC[C@@H](C(=O)O)C1. The van der Waals surface area contributed by atoms with Crippen LogP contribution in [-0.4, -0.2) is 39.5 Å². The summed E-state index contributed by atoms with van der Waals surface area (Å²) in [5.41, 5.74) is 0. The van der Waals surface area contributed by atoms with E-state index in [2.05, 4.69) is 15.7 Å². The average molecular weight is 266 g/mol. The fraction of sp³-hybridized carbons (Fsp3) is 0.583. The first-order chi connectivity index (χ1) is 9.15. The van der Waals surface area contributed by atoms with E-state index < -0.39 is 5.97 Å². The molecule has 0 unspecified atom stereocenters. The Labute approximate surface area is 111 Å². The smallest absolute Gasteiger partial charge is 0.315 e. The van der Waals surface area contributed by atoms with Crippen LogP contribution in [0.5, 0.6) is 0 Å². The van der Waals surface area contributed by atoms with Gasteiger partial charge in [0.25, 0.3) is 0 Å². The summed E-state index contributed by atoms with van der Waals surface area (Å²) in [5.74, 6) is -1.10. The van der Waals surface area contributed by atoms with Crippen molar-refractivity contribution in [1.29, 1.82) is 0 Å². The molecule has 1 aromatic rings. The summed E-state index contributed by atoms with van der Waals surface area (Å²) in [7, 11) is 0. The Morgan fingerprint density at radius 3 is 2.89 bits per heavy atom. The second-order valence-electron chi connectivity index (χ2n) is 4.71. The summed E-state index contributed by atoms with van der Waals surface area (Å²) in [5, 5.41) is 18.4. The average Bonchev–Trinajstić information content (AvgIpc) is 3.00. The van der Waals surface area contributed by atoms with Gasteiger partial charge in [0.15, 0.2) is 0 Å². The largest absolute Gasteiger partial charge is 0.481 e. The van der Waals surface area contributed by atoms with Crippen LogP contribution < -0.4 is 10.6 Å². The fourth-order valence-corrected chi connectivity index (χ4v) is 2.29. The van der Waals surface area contributed by atoms with Crippen LogP contribution in [-0.2, 0) is 11.3 Å². The van der Waals surface area contributed by atoms with E-state index in [-0.39, 0.29) is 18.0 Å². The van der Waals surface area contributed by atoms with Crippen molar-refractivity contribution < 1.29 is 14.7 Å². The standard InChI is InChI=1S/C12H18N4O3/c17-11(18)9-2-3-10(8-9)15-12(19)13-5-7-16-6-1-4-14-16/h1,4,6,9-10H,2-3,5,7-8H2,(H,17,18)(H2,13,15,19)/t9-,10+/m1/s1. The van der Waals surface area contributed by atoms with Crippen LogP contribution in [0.2, 0.25) is 0 Å². The highest BCUT2D eigenvalue weighted by molar-refractivity contribution is 5.75. The van der Waals surface area contributed by atoms with Gasteiger partial charge in [-0.05, 0) is 25.3 Å². The first-order valence-corrected chi connectivity index (χ1v) is 6.40. The van der Waals surface area contributed by atoms with Crippen molar-refractivity contribution in [3.63, 3.8) is 0 Å². The number of aromatic nitrogens is 2. The summed E-state index contributed by atoms with van der Waals surface area (Å²) >= 11 is 0. The third kappa shape index (κ3) is 3.97. The Morgan fingerprint density at radius 2 is 2.26 bits per heavy atom. The Balaban J connectivity index is 1.63. The van der Waals surface area contributed by atoms with E-state index in [9.17, 15) is 9.59 Å². The second kappa shape index (κ2) is 6.21. The minimum Gasteiger partial charge on any atom is -0.481 e. The molecule has 2 amide bonds. The molecule has 1 aromatic heterocycles. The Morgan fingerprint density at radius 1 is 1.42 bits per heavy atom. The first-order valence-electron chi connectivity index (χ1n) is 6.40. The number of nitrogens with one attached hydrogen (secondary N) is 2. The molecular weight excluding hydrogens is 248 g/mol. The molecule has 0 aromatic carbocycles. The number of urea groups is 1. The van der Waals surface area contributed by atoms with Crippen molar-refractivity contribution in [1.82, 2.24) is 20.4 Å². The van der Waals surface area contributed by atoms with Crippen LogP contribution in [0.15, 0.2) is 18.5 Å². The van der Waals surface area contributed by atoms with Crippen LogP contribution in [0.1, 0.15) is 19.3 Å². The van der Waals surface area contributed by atoms with Crippen LogP contribution in [0.3, 0.4) is 0 Å². The molecule has 1 aliphatic rings. The number of hydrogen-bond acceptors (Lipinski definition) is 3. The molecule has 1 fully saturated rings. The van der Waals surface area contributed by atoms with Crippen molar-refractivity contribution in [2.45, 2.75) is 31.8 Å². The molecule has 3 N–H and O–H groups in total. The minimum absolute atomic E-state index is 0.0363. The van der Waals surface area contributed by atoms with Gasteiger partial charge in [-0.3, -0.25) is 9.48 Å². The molecular formula is C12H18N4O3. The third-order valence-electron chi connectivity index (χ3n) is 3.30. The van der Waals surface area contributed by atoms with Gasteiger partial charge in [0.05, 0.1) is 12.5 Å². The number of carboxylic acid groups (broad SMARTS) is 1. The molecule has 104 valence electrons. The maximum Gasteiger partial charge on any atom is 0.315 e. The zero-order valence-corrected chi connectivity index (χ0v) is 10.6. The topological polar surface area (TPSA) is 96.3 Å². The number of amides is 2. The van der Waals surface area contributed by atoms with E-state index in [0.717, 1.165) is 6.42 Å². The van der Waals surface area contributed by atoms with Crippen molar-refractivity contribution in [3.05, 3.63) is 18.5 Å². The first kappa shape index (κ1) is 13.4. The van der Waals surface area contributed by atoms with Crippen molar-refractivity contribution in [2.75, 3.05) is 6.54 Å². The molecule has 1 heterocycles. The van der Waals surface area contributed by atoms with E-state index in [0.29, 0.717) is 25.9 Å². The molecule has 7 heteroatoms. The lowest BCUT2D eigenvalue weighted by Crippen LogP contribution is -2.42. The van der Waals surface area contributed by atoms with Crippen LogP contribution in [0.4, 0.5) is 4.79 Å². The fourth-order valence-electron chi connectivity index (χ4n) is 2.29. The van der Waals surface area contributed by atoms with Crippen LogP contribution >= 0.6 is 0 Å². The molecule has 7 nitrogen and oxygen atoms in total. The molecule has 0 spiro atoms. The quantitative estimate of drug-likeness (QED) is 0.720. The zero-order valence-electron chi connectivity index (χ0n) is 10.6. The maximum absolute atomic E-state index is 11.6. The molecule has 0 saturated heterocycles. The maximum atomic E-state index is 11.6. The summed E-state index contributed by atoms with van der Waals surface area (Å²) in [4.78, 5) is 22.4. The molecule has 0 bridgehead atoms. The predicted molar refractivity (Wildman–Crippen MR) is 67.5 cm³/mol. The Hall–Kier alpha value is -2.05. The highest BCUT2D eigenvalue weighted by atomic mass is 16.4. The predicted octanol–water partition coefficient (Wildman–Crippen LogP) is 0.436. The van der Waals surface area contributed by atoms with Gasteiger partial charge in [0.2, 0.25) is 0 Å². The third-order valence-corrected chi connectivity index (χ3v) is 3.30. The van der Waals surface area contributed by atoms with E-state index >= 15 is 0 Å². The molecule has 19 heavy (non-hydrogen) atoms. The molecule has 2 atom stereocenters. The van der Waals surface area contributed by atoms with Gasteiger partial charge >= 0.3 is 12.0 Å². The molecule has 1 aliphatic carbocycles. The highest BCUT2D eigenvalue weighted by Crippen LogP contribution is 2.25. The molecule has 0 radical (unpaired) electrons. The normalized spacial score (nSPS) is 22.1. The zero-order chi connectivity index (χ0) is 13.7. The van der Waals surface area contributed by atoms with Gasteiger partial charge in [0, 0.05) is 25.0 Å². The van der Waals surface area contributed by atoms with Gasteiger partial charge in [-0.25, -0.2) is 4.79 Å². The van der Waals surface area contributed by atoms with Crippen molar-refractivity contribution in [3.8, 4) is 0 Å². The summed E-state index contributed by atoms with van der Waals surface area (Å²) in [6.45, 7) is 1.10. The van der Waals surface area contributed by atoms with Gasteiger partial charge in [-0.15, -0.1) is 0 Å². The van der Waals surface area contributed by atoms with Gasteiger partial charge in [-0.1, -0.05) is 0 Å². The van der Waals surface area contributed by atoms with Gasteiger partial charge < -0.3 is 15.7 Å². The summed E-state index contributed by atoms with van der Waals surface area (Å²) in [6, 6.07) is 1.54. The lowest BCUT2D eigenvalue weighted by Gasteiger charge is -2.13.